The smallest absolute Gasteiger partial charge is 0.223 e. The zero-order valence-electron chi connectivity index (χ0n) is 11.0. The first kappa shape index (κ1) is 16.1. The lowest BCUT2D eigenvalue weighted by Gasteiger charge is -2.04. The van der Waals surface area contributed by atoms with Crippen molar-refractivity contribution in [3.63, 3.8) is 0 Å². The number of rotatable bonds is 11. The SMILES string of the molecule is CCCCC/C=C/CC(=O)NCCNCCN. The molecule has 0 aliphatic carbocycles. The molecule has 0 aromatic rings. The molecule has 0 saturated heterocycles. The van der Waals surface area contributed by atoms with E-state index >= 15 is 0 Å². The highest BCUT2D eigenvalue weighted by Crippen LogP contribution is 1.99. The Bertz CT molecular complexity index is 205. The molecule has 0 fully saturated rings. The van der Waals surface area contributed by atoms with E-state index in [2.05, 4.69) is 23.6 Å². The van der Waals surface area contributed by atoms with Gasteiger partial charge in [0.2, 0.25) is 5.91 Å². The molecule has 4 nitrogen and oxygen atoms in total. The molecule has 0 rings (SSSR count). The van der Waals surface area contributed by atoms with Gasteiger partial charge in [0.1, 0.15) is 0 Å². The van der Waals surface area contributed by atoms with Crippen LogP contribution < -0.4 is 16.4 Å². The number of amides is 1. The average molecular weight is 241 g/mol. The molecule has 0 aliphatic heterocycles. The zero-order valence-corrected chi connectivity index (χ0v) is 11.0. The van der Waals surface area contributed by atoms with Gasteiger partial charge in [0, 0.05) is 32.6 Å². The maximum absolute atomic E-state index is 11.3. The molecule has 0 atom stereocenters. The first-order valence-corrected chi connectivity index (χ1v) is 6.63. The van der Waals surface area contributed by atoms with Crippen molar-refractivity contribution in [1.82, 2.24) is 10.6 Å². The van der Waals surface area contributed by atoms with E-state index in [1.807, 2.05) is 6.08 Å². The Kier molecular flexibility index (Phi) is 12.5. The Morgan fingerprint density at radius 3 is 2.71 bits per heavy atom. The van der Waals surface area contributed by atoms with E-state index in [0.717, 1.165) is 19.5 Å². The topological polar surface area (TPSA) is 67.2 Å². The molecule has 0 spiro atoms. The van der Waals surface area contributed by atoms with Crippen molar-refractivity contribution < 1.29 is 4.79 Å². The number of nitrogens with one attached hydrogen (secondary N) is 2. The van der Waals surface area contributed by atoms with Crippen LogP contribution in [0.1, 0.15) is 39.0 Å². The maximum Gasteiger partial charge on any atom is 0.223 e. The first-order valence-electron chi connectivity index (χ1n) is 6.63. The van der Waals surface area contributed by atoms with Gasteiger partial charge in [-0.2, -0.15) is 0 Å². The maximum atomic E-state index is 11.3. The molecule has 0 heterocycles. The van der Waals surface area contributed by atoms with Crippen molar-refractivity contribution in [2.24, 2.45) is 5.73 Å². The molecular weight excluding hydrogens is 214 g/mol. The predicted octanol–water partition coefficient (Wildman–Crippen LogP) is 1.18. The van der Waals surface area contributed by atoms with Crippen LogP contribution in [0.4, 0.5) is 0 Å². The summed E-state index contributed by atoms with van der Waals surface area (Å²) in [4.78, 5) is 11.3. The van der Waals surface area contributed by atoms with Crippen molar-refractivity contribution in [2.75, 3.05) is 26.2 Å². The predicted molar refractivity (Wildman–Crippen MR) is 72.8 cm³/mol. The number of unbranched alkanes of at least 4 members (excludes halogenated alkanes) is 3. The molecule has 0 aromatic heterocycles. The molecule has 100 valence electrons. The minimum atomic E-state index is 0.0892. The van der Waals surface area contributed by atoms with E-state index in [4.69, 9.17) is 5.73 Å². The fraction of sp³-hybridized carbons (Fsp3) is 0.769. The van der Waals surface area contributed by atoms with E-state index in [9.17, 15) is 4.79 Å². The van der Waals surface area contributed by atoms with Gasteiger partial charge in [-0.05, 0) is 12.8 Å². The Balaban J connectivity index is 3.27. The Morgan fingerprint density at radius 2 is 2.00 bits per heavy atom. The summed E-state index contributed by atoms with van der Waals surface area (Å²) in [7, 11) is 0. The minimum absolute atomic E-state index is 0.0892. The third kappa shape index (κ3) is 13.1. The summed E-state index contributed by atoms with van der Waals surface area (Å²) >= 11 is 0. The summed E-state index contributed by atoms with van der Waals surface area (Å²) in [6.07, 6.45) is 9.35. The minimum Gasteiger partial charge on any atom is -0.355 e. The second-order valence-electron chi connectivity index (χ2n) is 4.06. The van der Waals surface area contributed by atoms with Crippen molar-refractivity contribution in [1.29, 1.82) is 0 Å². The van der Waals surface area contributed by atoms with E-state index in [0.29, 0.717) is 19.5 Å². The van der Waals surface area contributed by atoms with Crippen molar-refractivity contribution in [3.8, 4) is 0 Å². The van der Waals surface area contributed by atoms with E-state index in [-0.39, 0.29) is 5.91 Å². The zero-order chi connectivity index (χ0) is 12.8. The van der Waals surface area contributed by atoms with Crippen LogP contribution in [-0.2, 0) is 4.79 Å². The molecule has 17 heavy (non-hydrogen) atoms. The molecule has 4 heteroatoms. The second kappa shape index (κ2) is 13.2. The van der Waals surface area contributed by atoms with Gasteiger partial charge in [-0.15, -0.1) is 0 Å². The molecule has 0 radical (unpaired) electrons. The Morgan fingerprint density at radius 1 is 1.18 bits per heavy atom. The normalized spacial score (nSPS) is 10.9. The Labute approximate surface area is 105 Å². The molecule has 0 aliphatic rings. The Hall–Kier alpha value is -0.870. The summed E-state index contributed by atoms with van der Waals surface area (Å²) in [6.45, 7) is 5.07. The van der Waals surface area contributed by atoms with Gasteiger partial charge in [0.15, 0.2) is 0 Å². The molecule has 0 saturated carbocycles. The molecule has 4 N–H and O–H groups in total. The van der Waals surface area contributed by atoms with Gasteiger partial charge >= 0.3 is 0 Å². The van der Waals surface area contributed by atoms with Crippen molar-refractivity contribution in [3.05, 3.63) is 12.2 Å². The number of allylic oxidation sites excluding steroid dienone is 1. The third-order valence-corrected chi connectivity index (χ3v) is 2.39. The van der Waals surface area contributed by atoms with Crippen LogP contribution in [-0.4, -0.2) is 32.1 Å². The van der Waals surface area contributed by atoms with Gasteiger partial charge in [-0.25, -0.2) is 0 Å². The van der Waals surface area contributed by atoms with Gasteiger partial charge in [-0.3, -0.25) is 4.79 Å². The fourth-order valence-corrected chi connectivity index (χ4v) is 1.41. The molecule has 0 aromatic carbocycles. The number of carbonyl (C=O) groups excluding carboxylic acids is 1. The number of carbonyl (C=O) groups is 1. The summed E-state index contributed by atoms with van der Waals surface area (Å²) in [5.74, 6) is 0.0892. The number of nitrogens with two attached hydrogens (primary N) is 1. The lowest BCUT2D eigenvalue weighted by atomic mass is 10.2. The second-order valence-corrected chi connectivity index (χ2v) is 4.06. The molecule has 0 bridgehead atoms. The quantitative estimate of drug-likeness (QED) is 0.376. The highest BCUT2D eigenvalue weighted by molar-refractivity contribution is 5.77. The standard InChI is InChI=1S/C13H27N3O/c1-2-3-4-5-6-7-8-13(17)16-12-11-15-10-9-14/h6-7,15H,2-5,8-12,14H2,1H3,(H,16,17)/b7-6+. The average Bonchev–Trinajstić information content (AvgIpc) is 2.33. The van der Waals surface area contributed by atoms with Crippen LogP contribution in [0.3, 0.4) is 0 Å². The van der Waals surface area contributed by atoms with E-state index in [1.54, 1.807) is 0 Å². The van der Waals surface area contributed by atoms with Gasteiger partial charge in [0.05, 0.1) is 0 Å². The van der Waals surface area contributed by atoms with Crippen LogP contribution in [0, 0.1) is 0 Å². The van der Waals surface area contributed by atoms with Crippen molar-refractivity contribution >= 4 is 5.91 Å². The fourth-order valence-electron chi connectivity index (χ4n) is 1.41. The highest BCUT2D eigenvalue weighted by atomic mass is 16.1. The summed E-state index contributed by atoms with van der Waals surface area (Å²) in [5.41, 5.74) is 5.33. The van der Waals surface area contributed by atoms with Gasteiger partial charge < -0.3 is 16.4 Å². The summed E-state index contributed by atoms with van der Waals surface area (Å²) in [6, 6.07) is 0. The van der Waals surface area contributed by atoms with E-state index in [1.165, 1.54) is 19.3 Å². The van der Waals surface area contributed by atoms with Crippen LogP contribution in [0.15, 0.2) is 12.2 Å². The highest BCUT2D eigenvalue weighted by Gasteiger charge is 1.95. The van der Waals surface area contributed by atoms with Crippen LogP contribution in [0.25, 0.3) is 0 Å². The lowest BCUT2D eigenvalue weighted by Crippen LogP contribution is -2.33. The van der Waals surface area contributed by atoms with Gasteiger partial charge in [0.25, 0.3) is 0 Å². The lowest BCUT2D eigenvalue weighted by molar-refractivity contribution is -0.120. The summed E-state index contributed by atoms with van der Waals surface area (Å²) < 4.78 is 0. The van der Waals surface area contributed by atoms with Crippen molar-refractivity contribution in [2.45, 2.75) is 39.0 Å². The van der Waals surface area contributed by atoms with Crippen LogP contribution in [0.2, 0.25) is 0 Å². The third-order valence-electron chi connectivity index (χ3n) is 2.39. The van der Waals surface area contributed by atoms with Gasteiger partial charge in [-0.1, -0.05) is 31.9 Å². The molecule has 0 unspecified atom stereocenters. The van der Waals surface area contributed by atoms with Crippen LogP contribution in [0.5, 0.6) is 0 Å². The molecular formula is C13H27N3O. The largest absolute Gasteiger partial charge is 0.355 e. The van der Waals surface area contributed by atoms with Crippen LogP contribution >= 0.6 is 0 Å². The monoisotopic (exact) mass is 241 g/mol. The summed E-state index contributed by atoms with van der Waals surface area (Å²) in [5, 5.41) is 5.97. The number of hydrogen-bond donors (Lipinski definition) is 3. The number of hydrogen-bond acceptors (Lipinski definition) is 3. The van der Waals surface area contributed by atoms with E-state index < -0.39 is 0 Å². The molecule has 1 amide bonds. The first-order chi connectivity index (χ1) is 8.31.